The normalized spacial score (nSPS) is 11.1. The van der Waals surface area contributed by atoms with Gasteiger partial charge in [-0.05, 0) is 51.5 Å². The minimum atomic E-state index is -0.704. The van der Waals surface area contributed by atoms with Gasteiger partial charge in [0, 0.05) is 5.69 Å². The predicted molar refractivity (Wildman–Crippen MR) is 96.8 cm³/mol. The summed E-state index contributed by atoms with van der Waals surface area (Å²) in [7, 11) is 0. The number of anilines is 2. The first-order chi connectivity index (χ1) is 12.2. The summed E-state index contributed by atoms with van der Waals surface area (Å²) in [5, 5.41) is 11.8. The second kappa shape index (κ2) is 7.99. The van der Waals surface area contributed by atoms with Crippen molar-refractivity contribution in [3.63, 3.8) is 0 Å². The Kier molecular flexibility index (Phi) is 5.97. The average molecular weight is 362 g/mol. The summed E-state index contributed by atoms with van der Waals surface area (Å²) in [5.41, 5.74) is 0.669. The fraction of sp³-hybridized carbons (Fsp3) is 0.389. The van der Waals surface area contributed by atoms with E-state index >= 15 is 0 Å². The molecule has 3 N–H and O–H groups in total. The number of H-pyrrole nitrogens is 1. The van der Waals surface area contributed by atoms with Gasteiger partial charge in [-0.15, -0.1) is 0 Å². The Morgan fingerprint density at radius 3 is 2.58 bits per heavy atom. The van der Waals surface area contributed by atoms with E-state index in [1.54, 1.807) is 26.8 Å². The number of carbonyl (C=O) groups excluding carboxylic acids is 2. The molecule has 0 bridgehead atoms. The van der Waals surface area contributed by atoms with Crippen molar-refractivity contribution >= 4 is 23.4 Å². The van der Waals surface area contributed by atoms with E-state index in [0.29, 0.717) is 0 Å². The molecule has 1 aromatic carbocycles. The molecule has 0 saturated carbocycles. The molecule has 0 aliphatic carbocycles. The molecule has 0 unspecified atom stereocenters. The summed E-state index contributed by atoms with van der Waals surface area (Å²) in [4.78, 5) is 24.3. The Bertz CT molecular complexity index is 796. The molecule has 0 fully saturated rings. The lowest BCUT2D eigenvalue weighted by Gasteiger charge is -2.20. The molecular weight excluding hydrogens is 339 g/mol. The molecule has 0 atom stereocenters. The largest absolute Gasteiger partial charge is 0.444 e. The van der Waals surface area contributed by atoms with Gasteiger partial charge in [-0.1, -0.05) is 13.3 Å². The SMILES string of the molecule is CCCc1cc(C(=O)Nc2cc(F)ccc2NC(=O)OC(C)(C)C)n[nH]1. The smallest absolute Gasteiger partial charge is 0.412 e. The van der Waals surface area contributed by atoms with E-state index in [-0.39, 0.29) is 17.1 Å². The average Bonchev–Trinajstić information content (AvgIpc) is 2.97. The minimum Gasteiger partial charge on any atom is -0.444 e. The molecule has 1 aromatic heterocycles. The van der Waals surface area contributed by atoms with Crippen LogP contribution in [0.25, 0.3) is 0 Å². The minimum absolute atomic E-state index is 0.112. The zero-order valence-corrected chi connectivity index (χ0v) is 15.3. The fourth-order valence-electron chi connectivity index (χ4n) is 2.20. The summed E-state index contributed by atoms with van der Waals surface area (Å²) >= 11 is 0. The molecule has 1 heterocycles. The number of benzene rings is 1. The number of aromatic amines is 1. The Hall–Kier alpha value is -2.90. The Morgan fingerprint density at radius 1 is 1.19 bits per heavy atom. The molecule has 26 heavy (non-hydrogen) atoms. The van der Waals surface area contributed by atoms with Gasteiger partial charge in [0.25, 0.3) is 5.91 Å². The highest BCUT2D eigenvalue weighted by atomic mass is 19.1. The number of hydrogen-bond donors (Lipinski definition) is 3. The maximum atomic E-state index is 13.6. The van der Waals surface area contributed by atoms with Crippen LogP contribution in [0.15, 0.2) is 24.3 Å². The van der Waals surface area contributed by atoms with E-state index in [1.165, 1.54) is 12.1 Å². The molecule has 0 radical (unpaired) electrons. The van der Waals surface area contributed by atoms with Gasteiger partial charge < -0.3 is 10.1 Å². The second-order valence-electron chi connectivity index (χ2n) is 6.80. The van der Waals surface area contributed by atoms with E-state index in [0.717, 1.165) is 24.6 Å². The van der Waals surface area contributed by atoms with Gasteiger partial charge in [-0.2, -0.15) is 5.10 Å². The maximum absolute atomic E-state index is 13.6. The Morgan fingerprint density at radius 2 is 1.92 bits per heavy atom. The van der Waals surface area contributed by atoms with E-state index in [4.69, 9.17) is 4.74 Å². The van der Waals surface area contributed by atoms with Crippen LogP contribution in [0.4, 0.5) is 20.6 Å². The number of carbonyl (C=O) groups is 2. The molecule has 140 valence electrons. The number of amides is 2. The quantitative estimate of drug-likeness (QED) is 0.746. The maximum Gasteiger partial charge on any atom is 0.412 e. The molecule has 7 nitrogen and oxygen atoms in total. The highest BCUT2D eigenvalue weighted by molar-refractivity contribution is 6.05. The highest BCUT2D eigenvalue weighted by Crippen LogP contribution is 2.24. The zero-order chi connectivity index (χ0) is 19.3. The summed E-state index contributed by atoms with van der Waals surface area (Å²) in [6, 6.07) is 5.28. The van der Waals surface area contributed by atoms with Gasteiger partial charge in [0.05, 0.1) is 11.4 Å². The van der Waals surface area contributed by atoms with Crippen molar-refractivity contribution in [2.45, 2.75) is 46.1 Å². The third-order valence-electron chi connectivity index (χ3n) is 3.25. The van der Waals surface area contributed by atoms with E-state index in [2.05, 4.69) is 20.8 Å². The molecule has 8 heteroatoms. The van der Waals surface area contributed by atoms with Crippen molar-refractivity contribution in [2.24, 2.45) is 0 Å². The molecule has 2 amide bonds. The number of aryl methyl sites for hydroxylation is 1. The van der Waals surface area contributed by atoms with Crippen LogP contribution in [0.3, 0.4) is 0 Å². The van der Waals surface area contributed by atoms with Crippen molar-refractivity contribution in [1.82, 2.24) is 10.2 Å². The number of nitrogens with one attached hydrogen (secondary N) is 3. The topological polar surface area (TPSA) is 96.1 Å². The van der Waals surface area contributed by atoms with Gasteiger partial charge in [-0.3, -0.25) is 15.2 Å². The van der Waals surface area contributed by atoms with Crippen molar-refractivity contribution in [3.05, 3.63) is 41.5 Å². The van der Waals surface area contributed by atoms with E-state index in [1.807, 2.05) is 6.92 Å². The lowest BCUT2D eigenvalue weighted by Crippen LogP contribution is -2.27. The first-order valence-corrected chi connectivity index (χ1v) is 8.33. The Labute approximate surface area is 151 Å². The third-order valence-corrected chi connectivity index (χ3v) is 3.25. The number of rotatable bonds is 5. The fourth-order valence-corrected chi connectivity index (χ4v) is 2.20. The summed E-state index contributed by atoms with van der Waals surface area (Å²) in [6.07, 6.45) is 0.979. The summed E-state index contributed by atoms with van der Waals surface area (Å²) < 4.78 is 18.8. The number of nitrogens with zero attached hydrogens (tertiary/aromatic N) is 1. The van der Waals surface area contributed by atoms with Crippen molar-refractivity contribution in [3.8, 4) is 0 Å². The summed E-state index contributed by atoms with van der Waals surface area (Å²) in [5.74, 6) is -1.06. The first-order valence-electron chi connectivity index (χ1n) is 8.33. The van der Waals surface area contributed by atoms with Gasteiger partial charge in [-0.25, -0.2) is 9.18 Å². The zero-order valence-electron chi connectivity index (χ0n) is 15.3. The van der Waals surface area contributed by atoms with Crippen molar-refractivity contribution in [1.29, 1.82) is 0 Å². The molecule has 0 aliphatic rings. The molecular formula is C18H23FN4O3. The van der Waals surface area contributed by atoms with Gasteiger partial charge in [0.1, 0.15) is 11.4 Å². The van der Waals surface area contributed by atoms with Crippen molar-refractivity contribution in [2.75, 3.05) is 10.6 Å². The molecule has 2 rings (SSSR count). The monoisotopic (exact) mass is 362 g/mol. The predicted octanol–water partition coefficient (Wildman–Crippen LogP) is 4.10. The van der Waals surface area contributed by atoms with Gasteiger partial charge in [0.15, 0.2) is 5.69 Å². The van der Waals surface area contributed by atoms with Crippen LogP contribution in [-0.4, -0.2) is 27.8 Å². The highest BCUT2D eigenvalue weighted by Gasteiger charge is 2.19. The number of hydrogen-bond acceptors (Lipinski definition) is 4. The second-order valence-corrected chi connectivity index (χ2v) is 6.80. The standard InChI is InChI=1S/C18H23FN4O3/c1-5-6-12-10-15(23-22-12)16(24)20-14-9-11(19)7-8-13(14)21-17(25)26-18(2,3)4/h7-10H,5-6H2,1-4H3,(H,20,24)(H,21,25)(H,22,23). The van der Waals surface area contributed by atoms with Crippen LogP contribution in [0, 0.1) is 5.82 Å². The lowest BCUT2D eigenvalue weighted by molar-refractivity contribution is 0.0635. The molecule has 0 spiro atoms. The lowest BCUT2D eigenvalue weighted by atomic mass is 10.2. The molecule has 0 aliphatic heterocycles. The molecule has 0 saturated heterocycles. The number of aromatic nitrogens is 2. The molecule has 2 aromatic rings. The van der Waals surface area contributed by atoms with Crippen LogP contribution >= 0.6 is 0 Å². The third kappa shape index (κ3) is 5.58. The van der Waals surface area contributed by atoms with Crippen molar-refractivity contribution < 1.29 is 18.7 Å². The van der Waals surface area contributed by atoms with Crippen LogP contribution < -0.4 is 10.6 Å². The van der Waals surface area contributed by atoms with E-state index < -0.39 is 23.4 Å². The van der Waals surface area contributed by atoms with Crippen LogP contribution in [0.1, 0.15) is 50.3 Å². The Balaban J connectivity index is 2.15. The van der Waals surface area contributed by atoms with Crippen LogP contribution in [0.5, 0.6) is 0 Å². The number of ether oxygens (including phenoxy) is 1. The van der Waals surface area contributed by atoms with Crippen LogP contribution in [0.2, 0.25) is 0 Å². The van der Waals surface area contributed by atoms with Gasteiger partial charge in [0.2, 0.25) is 0 Å². The number of halogens is 1. The summed E-state index contributed by atoms with van der Waals surface area (Å²) in [6.45, 7) is 7.20. The van der Waals surface area contributed by atoms with Gasteiger partial charge >= 0.3 is 6.09 Å². The van der Waals surface area contributed by atoms with Crippen LogP contribution in [-0.2, 0) is 11.2 Å². The van der Waals surface area contributed by atoms with E-state index in [9.17, 15) is 14.0 Å². The first kappa shape index (κ1) is 19.4.